The van der Waals surface area contributed by atoms with Crippen LogP contribution in [0.1, 0.15) is 20.3 Å². The summed E-state index contributed by atoms with van der Waals surface area (Å²) < 4.78 is 46.6. The number of nitrogens with one attached hydrogen (secondary N) is 1. The molecule has 0 aliphatic heterocycles. The molecule has 1 aromatic carbocycles. The highest BCUT2D eigenvalue weighted by Crippen LogP contribution is 2.43. The molecule has 1 aliphatic carbocycles. The van der Waals surface area contributed by atoms with E-state index in [1.54, 1.807) is 0 Å². The molecule has 2 unspecified atom stereocenters. The van der Waals surface area contributed by atoms with Crippen molar-refractivity contribution in [2.75, 3.05) is 7.05 Å². The van der Waals surface area contributed by atoms with E-state index in [0.717, 1.165) is 6.42 Å². The van der Waals surface area contributed by atoms with Crippen molar-refractivity contribution in [3.05, 3.63) is 22.7 Å². The van der Waals surface area contributed by atoms with Crippen molar-refractivity contribution in [2.24, 2.45) is 5.41 Å². The lowest BCUT2D eigenvalue weighted by molar-refractivity contribution is -0.274. The minimum atomic E-state index is -4.71. The van der Waals surface area contributed by atoms with Gasteiger partial charge in [0.1, 0.15) is 17.6 Å². The number of ether oxygens (including phenoxy) is 2. The fourth-order valence-electron chi connectivity index (χ4n) is 2.50. The van der Waals surface area contributed by atoms with Crippen LogP contribution in [0.25, 0.3) is 0 Å². The molecule has 0 spiro atoms. The van der Waals surface area contributed by atoms with Crippen LogP contribution in [-0.2, 0) is 0 Å². The Kier molecular flexibility index (Phi) is 4.44. The molecule has 1 saturated carbocycles. The van der Waals surface area contributed by atoms with Crippen LogP contribution in [0.3, 0.4) is 0 Å². The maximum absolute atomic E-state index is 12.2. The zero-order valence-corrected chi connectivity index (χ0v) is 13.5. The predicted molar refractivity (Wildman–Crippen MR) is 76.5 cm³/mol. The Hall–Kier alpha value is -0.950. The van der Waals surface area contributed by atoms with E-state index in [-0.39, 0.29) is 21.7 Å². The van der Waals surface area contributed by atoms with Crippen LogP contribution < -0.4 is 14.8 Å². The molecule has 0 saturated heterocycles. The van der Waals surface area contributed by atoms with Gasteiger partial charge in [0.05, 0.1) is 4.47 Å². The van der Waals surface area contributed by atoms with Gasteiger partial charge in [-0.2, -0.15) is 0 Å². The summed E-state index contributed by atoms with van der Waals surface area (Å²) in [6.45, 7) is 4.19. The molecule has 1 N–H and O–H groups in total. The summed E-state index contributed by atoms with van der Waals surface area (Å²) in [6, 6.07) is 4.59. The molecule has 0 amide bonds. The average Bonchev–Trinajstić information content (AvgIpc) is 2.35. The maximum Gasteiger partial charge on any atom is 0.573 e. The van der Waals surface area contributed by atoms with Crippen molar-refractivity contribution in [3.8, 4) is 11.5 Å². The summed E-state index contributed by atoms with van der Waals surface area (Å²) in [6.07, 6.45) is -3.82. The van der Waals surface area contributed by atoms with E-state index in [4.69, 9.17) is 4.74 Å². The fourth-order valence-corrected chi connectivity index (χ4v) is 2.94. The summed E-state index contributed by atoms with van der Waals surface area (Å²) in [4.78, 5) is 0. The van der Waals surface area contributed by atoms with Gasteiger partial charge >= 0.3 is 6.36 Å². The van der Waals surface area contributed by atoms with Crippen molar-refractivity contribution in [3.63, 3.8) is 0 Å². The second kappa shape index (κ2) is 5.68. The number of rotatable bonds is 4. The van der Waals surface area contributed by atoms with Crippen LogP contribution in [0.2, 0.25) is 0 Å². The van der Waals surface area contributed by atoms with Gasteiger partial charge in [0.2, 0.25) is 0 Å². The van der Waals surface area contributed by atoms with Crippen molar-refractivity contribution in [1.29, 1.82) is 0 Å². The van der Waals surface area contributed by atoms with Gasteiger partial charge in [-0.3, -0.25) is 0 Å². The zero-order chi connectivity index (χ0) is 15.8. The van der Waals surface area contributed by atoms with E-state index in [1.165, 1.54) is 18.2 Å². The van der Waals surface area contributed by atoms with Crippen LogP contribution in [0.15, 0.2) is 22.7 Å². The van der Waals surface area contributed by atoms with Gasteiger partial charge in [-0.25, -0.2) is 0 Å². The normalized spacial score (nSPS) is 24.3. The highest BCUT2D eigenvalue weighted by Gasteiger charge is 2.49. The Morgan fingerprint density at radius 2 is 2.00 bits per heavy atom. The second-order valence-electron chi connectivity index (χ2n) is 5.64. The standard InChI is InChI=1S/C14H17BrF3NO2/c1-13(2)11(19-3)7-12(13)20-8-4-5-10(9(15)6-8)21-14(16,17)18/h4-6,11-12,19H,7H2,1-3H3. The summed E-state index contributed by atoms with van der Waals surface area (Å²) >= 11 is 3.07. The molecule has 118 valence electrons. The average molecular weight is 368 g/mol. The predicted octanol–water partition coefficient (Wildman–Crippen LogP) is 4.11. The van der Waals surface area contributed by atoms with Gasteiger partial charge in [0.15, 0.2) is 0 Å². The molecule has 21 heavy (non-hydrogen) atoms. The van der Waals surface area contributed by atoms with E-state index >= 15 is 0 Å². The van der Waals surface area contributed by atoms with Crippen molar-refractivity contribution >= 4 is 15.9 Å². The van der Waals surface area contributed by atoms with Crippen LogP contribution in [-0.4, -0.2) is 25.6 Å². The smallest absolute Gasteiger partial charge is 0.490 e. The molecule has 1 aromatic rings. The van der Waals surface area contributed by atoms with Crippen LogP contribution in [0, 0.1) is 5.41 Å². The first-order chi connectivity index (χ1) is 9.63. The third-order valence-corrected chi connectivity index (χ3v) is 4.55. The van der Waals surface area contributed by atoms with E-state index in [1.807, 2.05) is 7.05 Å². The number of benzene rings is 1. The molecule has 0 heterocycles. The quantitative estimate of drug-likeness (QED) is 0.868. The number of halogens is 4. The molecule has 0 aromatic heterocycles. The van der Waals surface area contributed by atoms with Crippen LogP contribution >= 0.6 is 15.9 Å². The molecule has 2 atom stereocenters. The van der Waals surface area contributed by atoms with E-state index in [0.29, 0.717) is 11.8 Å². The number of hydrogen-bond donors (Lipinski definition) is 1. The Morgan fingerprint density at radius 3 is 2.48 bits per heavy atom. The van der Waals surface area contributed by atoms with Crippen LogP contribution in [0.4, 0.5) is 13.2 Å². The molecular weight excluding hydrogens is 351 g/mol. The topological polar surface area (TPSA) is 30.5 Å². The minimum absolute atomic E-state index is 0.0243. The molecule has 0 radical (unpaired) electrons. The van der Waals surface area contributed by atoms with Gasteiger partial charge in [-0.05, 0) is 41.2 Å². The molecule has 1 fully saturated rings. The summed E-state index contributed by atoms with van der Waals surface area (Å²) in [5.74, 6) is 0.236. The zero-order valence-electron chi connectivity index (χ0n) is 11.9. The Bertz CT molecular complexity index is 519. The Morgan fingerprint density at radius 1 is 1.33 bits per heavy atom. The maximum atomic E-state index is 12.2. The van der Waals surface area contributed by atoms with Crippen molar-refractivity contribution in [1.82, 2.24) is 5.32 Å². The lowest BCUT2D eigenvalue weighted by Gasteiger charge is -2.51. The van der Waals surface area contributed by atoms with Crippen LogP contribution in [0.5, 0.6) is 11.5 Å². The van der Waals surface area contributed by atoms with Gasteiger partial charge in [-0.1, -0.05) is 13.8 Å². The van der Waals surface area contributed by atoms with Gasteiger partial charge < -0.3 is 14.8 Å². The van der Waals surface area contributed by atoms with Gasteiger partial charge in [0, 0.05) is 17.9 Å². The van der Waals surface area contributed by atoms with Gasteiger partial charge in [-0.15, -0.1) is 13.2 Å². The second-order valence-corrected chi connectivity index (χ2v) is 6.50. The molecular formula is C14H17BrF3NO2. The highest BCUT2D eigenvalue weighted by atomic mass is 79.9. The molecule has 2 rings (SSSR count). The Labute approximate surface area is 129 Å². The largest absolute Gasteiger partial charge is 0.573 e. The third kappa shape index (κ3) is 3.63. The first-order valence-electron chi connectivity index (χ1n) is 6.52. The molecule has 3 nitrogen and oxygen atoms in total. The SMILES string of the molecule is CNC1CC(Oc2ccc(OC(F)(F)F)c(Br)c2)C1(C)C. The third-order valence-electron chi connectivity index (χ3n) is 3.93. The first kappa shape index (κ1) is 16.4. The highest BCUT2D eigenvalue weighted by molar-refractivity contribution is 9.10. The van der Waals surface area contributed by atoms with E-state index in [2.05, 4.69) is 39.8 Å². The van der Waals surface area contributed by atoms with Crippen molar-refractivity contribution in [2.45, 2.75) is 38.8 Å². The fraction of sp³-hybridized carbons (Fsp3) is 0.571. The minimum Gasteiger partial charge on any atom is -0.490 e. The molecule has 0 bridgehead atoms. The first-order valence-corrected chi connectivity index (χ1v) is 7.32. The van der Waals surface area contributed by atoms with Crippen molar-refractivity contribution < 1.29 is 22.6 Å². The summed E-state index contributed by atoms with van der Waals surface area (Å²) in [7, 11) is 1.91. The monoisotopic (exact) mass is 367 g/mol. The van der Waals surface area contributed by atoms with E-state index in [9.17, 15) is 13.2 Å². The lowest BCUT2D eigenvalue weighted by atomic mass is 9.64. The molecule has 7 heteroatoms. The molecule has 1 aliphatic rings. The summed E-state index contributed by atoms with van der Waals surface area (Å²) in [5, 5.41) is 3.22. The number of alkyl halides is 3. The van der Waals surface area contributed by atoms with Gasteiger partial charge in [0.25, 0.3) is 0 Å². The summed E-state index contributed by atoms with van der Waals surface area (Å²) in [5.41, 5.74) is -0.0254. The Balaban J connectivity index is 2.05. The lowest BCUT2D eigenvalue weighted by Crippen LogP contribution is -2.61. The van der Waals surface area contributed by atoms with E-state index < -0.39 is 6.36 Å². The number of hydrogen-bond acceptors (Lipinski definition) is 3.